The van der Waals surface area contributed by atoms with E-state index in [4.69, 9.17) is 0 Å². The summed E-state index contributed by atoms with van der Waals surface area (Å²) < 4.78 is 0. The van der Waals surface area contributed by atoms with Crippen LogP contribution in [0.1, 0.15) is 29.8 Å². The number of hydrogen-bond donors (Lipinski definition) is 2. The number of rotatable bonds is 3. The third-order valence-electron chi connectivity index (χ3n) is 3.11. The predicted octanol–water partition coefficient (Wildman–Crippen LogP) is 3.58. The van der Waals surface area contributed by atoms with Gasteiger partial charge in [0.2, 0.25) is 0 Å². The van der Waals surface area contributed by atoms with E-state index < -0.39 is 0 Å². The molecule has 1 atom stereocenters. The zero-order valence-corrected chi connectivity index (χ0v) is 12.0. The van der Waals surface area contributed by atoms with Gasteiger partial charge in [-0.3, -0.25) is 4.98 Å². The Labute approximate surface area is 119 Å². The van der Waals surface area contributed by atoms with Crippen molar-refractivity contribution in [1.29, 1.82) is 0 Å². The number of carbonyl (C=O) groups excluding carboxylic acids is 1. The number of hydrogen-bond acceptors (Lipinski definition) is 2. The van der Waals surface area contributed by atoms with Crippen LogP contribution in [0.5, 0.6) is 0 Å². The van der Waals surface area contributed by atoms with Crippen molar-refractivity contribution in [1.82, 2.24) is 10.3 Å². The Balaban J connectivity index is 1.99. The van der Waals surface area contributed by atoms with Crippen LogP contribution in [0.4, 0.5) is 10.5 Å². The molecule has 0 aliphatic carbocycles. The zero-order valence-electron chi connectivity index (χ0n) is 12.0. The fraction of sp³-hybridized carbons (Fsp3) is 0.250. The van der Waals surface area contributed by atoms with E-state index in [0.29, 0.717) is 0 Å². The molecule has 2 aromatic rings. The van der Waals surface area contributed by atoms with Gasteiger partial charge in [-0.15, -0.1) is 0 Å². The van der Waals surface area contributed by atoms with Gasteiger partial charge in [0.15, 0.2) is 0 Å². The van der Waals surface area contributed by atoms with Gasteiger partial charge in [-0.2, -0.15) is 0 Å². The molecule has 0 saturated carbocycles. The molecule has 0 aliphatic heterocycles. The summed E-state index contributed by atoms with van der Waals surface area (Å²) in [6.45, 7) is 5.91. The first-order valence-corrected chi connectivity index (χ1v) is 6.62. The fourth-order valence-corrected chi connectivity index (χ4v) is 2.01. The maximum Gasteiger partial charge on any atom is 0.319 e. The van der Waals surface area contributed by atoms with Crippen LogP contribution < -0.4 is 10.6 Å². The lowest BCUT2D eigenvalue weighted by Gasteiger charge is -2.15. The predicted molar refractivity (Wildman–Crippen MR) is 80.7 cm³/mol. The third-order valence-corrected chi connectivity index (χ3v) is 3.11. The van der Waals surface area contributed by atoms with Gasteiger partial charge in [-0.1, -0.05) is 23.8 Å². The minimum Gasteiger partial charge on any atom is -0.330 e. The molecular weight excluding hydrogens is 250 g/mol. The number of anilines is 1. The van der Waals surface area contributed by atoms with Gasteiger partial charge < -0.3 is 10.6 Å². The van der Waals surface area contributed by atoms with E-state index >= 15 is 0 Å². The van der Waals surface area contributed by atoms with E-state index in [1.54, 1.807) is 6.20 Å². The van der Waals surface area contributed by atoms with E-state index in [-0.39, 0.29) is 12.1 Å². The topological polar surface area (TPSA) is 54.0 Å². The van der Waals surface area contributed by atoms with E-state index in [2.05, 4.69) is 15.6 Å². The molecule has 2 rings (SSSR count). The van der Waals surface area contributed by atoms with Crippen LogP contribution in [0, 0.1) is 13.8 Å². The van der Waals surface area contributed by atoms with Crippen molar-refractivity contribution in [2.75, 3.05) is 5.32 Å². The molecular formula is C16H19N3O. The summed E-state index contributed by atoms with van der Waals surface area (Å²) in [5.74, 6) is 0. The van der Waals surface area contributed by atoms with E-state index in [9.17, 15) is 4.79 Å². The summed E-state index contributed by atoms with van der Waals surface area (Å²) in [6.07, 6.45) is 1.72. The van der Waals surface area contributed by atoms with Crippen molar-refractivity contribution in [3.8, 4) is 0 Å². The van der Waals surface area contributed by atoms with Crippen LogP contribution in [0.15, 0.2) is 42.6 Å². The number of pyridine rings is 1. The van der Waals surface area contributed by atoms with Gasteiger partial charge in [0, 0.05) is 11.9 Å². The van der Waals surface area contributed by atoms with Gasteiger partial charge in [-0.05, 0) is 44.5 Å². The number of aryl methyl sites for hydroxylation is 2. The molecule has 0 fully saturated rings. The Bertz CT molecular complexity index is 596. The first-order chi connectivity index (χ1) is 9.56. The maximum atomic E-state index is 12.0. The number of nitrogens with one attached hydrogen (secondary N) is 2. The summed E-state index contributed by atoms with van der Waals surface area (Å²) >= 11 is 0. The van der Waals surface area contributed by atoms with Crippen molar-refractivity contribution >= 4 is 11.7 Å². The van der Waals surface area contributed by atoms with Crippen LogP contribution in [0.2, 0.25) is 0 Å². The molecule has 2 amide bonds. The summed E-state index contributed by atoms with van der Waals surface area (Å²) in [5.41, 5.74) is 3.88. The molecule has 0 unspecified atom stereocenters. The van der Waals surface area contributed by atoms with Gasteiger partial charge in [0.25, 0.3) is 0 Å². The van der Waals surface area contributed by atoms with Crippen LogP contribution in [0.25, 0.3) is 0 Å². The Morgan fingerprint density at radius 3 is 2.65 bits per heavy atom. The van der Waals surface area contributed by atoms with E-state index in [0.717, 1.165) is 16.9 Å². The molecule has 0 saturated heterocycles. The average molecular weight is 269 g/mol. The summed E-state index contributed by atoms with van der Waals surface area (Å²) in [7, 11) is 0. The average Bonchev–Trinajstić information content (AvgIpc) is 2.43. The van der Waals surface area contributed by atoms with Crippen LogP contribution in [0.3, 0.4) is 0 Å². The highest BCUT2D eigenvalue weighted by Gasteiger charge is 2.10. The van der Waals surface area contributed by atoms with Crippen molar-refractivity contribution < 1.29 is 4.79 Å². The SMILES string of the molecule is Cc1ccc(NC(=O)N[C@@H](C)c2ccccn2)c(C)c1. The van der Waals surface area contributed by atoms with Gasteiger partial charge in [-0.25, -0.2) is 4.79 Å². The molecule has 0 bridgehead atoms. The highest BCUT2D eigenvalue weighted by Crippen LogP contribution is 2.16. The van der Waals surface area contributed by atoms with Gasteiger partial charge in [0.05, 0.1) is 11.7 Å². The largest absolute Gasteiger partial charge is 0.330 e. The van der Waals surface area contributed by atoms with Crippen molar-refractivity contribution in [2.45, 2.75) is 26.8 Å². The lowest BCUT2D eigenvalue weighted by Crippen LogP contribution is -2.31. The molecule has 20 heavy (non-hydrogen) atoms. The molecule has 4 heteroatoms. The lowest BCUT2D eigenvalue weighted by atomic mass is 10.1. The minimum atomic E-state index is -0.227. The minimum absolute atomic E-state index is 0.137. The summed E-state index contributed by atoms with van der Waals surface area (Å²) in [4.78, 5) is 16.2. The number of nitrogens with zero attached hydrogens (tertiary/aromatic N) is 1. The Kier molecular flexibility index (Phi) is 4.35. The second kappa shape index (κ2) is 6.19. The number of carbonyl (C=O) groups is 1. The number of aromatic nitrogens is 1. The van der Waals surface area contributed by atoms with Gasteiger partial charge in [0.1, 0.15) is 0 Å². The molecule has 0 aliphatic rings. The smallest absolute Gasteiger partial charge is 0.319 e. The monoisotopic (exact) mass is 269 g/mol. The fourth-order valence-electron chi connectivity index (χ4n) is 2.01. The van der Waals surface area contributed by atoms with Crippen molar-refractivity contribution in [2.24, 2.45) is 0 Å². The second-order valence-corrected chi connectivity index (χ2v) is 4.89. The molecule has 0 spiro atoms. The first kappa shape index (κ1) is 14.1. The number of benzene rings is 1. The quantitative estimate of drug-likeness (QED) is 0.894. The third kappa shape index (κ3) is 3.57. The van der Waals surface area contributed by atoms with E-state index in [1.165, 1.54) is 5.56 Å². The van der Waals surface area contributed by atoms with E-state index in [1.807, 2.05) is 57.2 Å². The normalized spacial score (nSPS) is 11.8. The second-order valence-electron chi connectivity index (χ2n) is 4.89. The number of urea groups is 1. The molecule has 1 aromatic heterocycles. The Morgan fingerprint density at radius 1 is 1.20 bits per heavy atom. The van der Waals surface area contributed by atoms with Crippen molar-refractivity contribution in [3.63, 3.8) is 0 Å². The van der Waals surface area contributed by atoms with Crippen LogP contribution in [-0.2, 0) is 0 Å². The van der Waals surface area contributed by atoms with Gasteiger partial charge >= 0.3 is 6.03 Å². The highest BCUT2D eigenvalue weighted by molar-refractivity contribution is 5.90. The number of amides is 2. The summed E-state index contributed by atoms with van der Waals surface area (Å²) in [6, 6.07) is 11.2. The lowest BCUT2D eigenvalue weighted by molar-refractivity contribution is 0.249. The molecule has 4 nitrogen and oxygen atoms in total. The zero-order chi connectivity index (χ0) is 14.5. The molecule has 2 N–H and O–H groups in total. The van der Waals surface area contributed by atoms with Crippen LogP contribution >= 0.6 is 0 Å². The molecule has 0 radical (unpaired) electrons. The molecule has 1 aromatic carbocycles. The van der Waals surface area contributed by atoms with Crippen LogP contribution in [-0.4, -0.2) is 11.0 Å². The van der Waals surface area contributed by atoms with Crippen molar-refractivity contribution in [3.05, 3.63) is 59.4 Å². The maximum absolute atomic E-state index is 12.0. The Morgan fingerprint density at radius 2 is 2.00 bits per heavy atom. The summed E-state index contributed by atoms with van der Waals surface area (Å²) in [5, 5.41) is 5.73. The highest BCUT2D eigenvalue weighted by atomic mass is 16.2. The first-order valence-electron chi connectivity index (χ1n) is 6.62. The molecule has 1 heterocycles. The standard InChI is InChI=1S/C16H19N3O/c1-11-7-8-14(12(2)10-11)19-16(20)18-13(3)15-6-4-5-9-17-15/h4-10,13H,1-3H3,(H2,18,19,20)/t13-/m0/s1. The molecule has 104 valence electrons. The Hall–Kier alpha value is -2.36.